The average Bonchev–Trinajstić information content (AvgIpc) is 3.72. The Bertz CT molecular complexity index is 2770. The fraction of sp³-hybridized carbons (Fsp3) is 0. The quantitative estimate of drug-likeness (QED) is 0.190. The molecular weight excluding hydrogens is 597 g/mol. The number of rotatable bonds is 5. The van der Waals surface area contributed by atoms with E-state index in [1.807, 2.05) is 6.07 Å². The molecule has 0 saturated heterocycles. The normalized spacial score (nSPS) is 11.7. The van der Waals surface area contributed by atoms with Crippen LogP contribution in [-0.4, -0.2) is 4.57 Å². The first-order chi connectivity index (χ1) is 24.3. The van der Waals surface area contributed by atoms with Crippen LogP contribution in [0.1, 0.15) is 0 Å². The van der Waals surface area contributed by atoms with Crippen LogP contribution in [0.3, 0.4) is 0 Å². The summed E-state index contributed by atoms with van der Waals surface area (Å²) in [6.45, 7) is 0. The van der Waals surface area contributed by atoms with Gasteiger partial charge in [-0.05, 0) is 65.0 Å². The van der Waals surface area contributed by atoms with Crippen molar-refractivity contribution in [3.05, 3.63) is 182 Å². The monoisotopic (exact) mass is 626 g/mol. The lowest BCUT2D eigenvalue weighted by atomic mass is 10.0. The fourth-order valence-corrected chi connectivity index (χ4v) is 7.54. The summed E-state index contributed by atoms with van der Waals surface area (Å²) in [7, 11) is 0. The number of hydrogen-bond acceptors (Lipinski definition) is 2. The first kappa shape index (κ1) is 27.5. The second-order valence-electron chi connectivity index (χ2n) is 12.6. The topological polar surface area (TPSA) is 21.3 Å². The molecule has 0 bridgehead atoms. The number of para-hydroxylation sites is 4. The van der Waals surface area contributed by atoms with E-state index in [4.69, 9.17) is 4.42 Å². The van der Waals surface area contributed by atoms with E-state index >= 15 is 0 Å². The summed E-state index contributed by atoms with van der Waals surface area (Å²) in [6, 6.07) is 65.0. The van der Waals surface area contributed by atoms with Gasteiger partial charge in [-0.2, -0.15) is 0 Å². The lowest BCUT2D eigenvalue weighted by Crippen LogP contribution is -2.11. The molecular formula is C46H30N2O. The van der Waals surface area contributed by atoms with Crippen LogP contribution in [0.25, 0.3) is 71.3 Å². The first-order valence-corrected chi connectivity index (χ1v) is 16.7. The van der Waals surface area contributed by atoms with E-state index in [1.165, 1.54) is 38.3 Å². The van der Waals surface area contributed by atoms with Gasteiger partial charge in [0, 0.05) is 38.3 Å². The average molecular weight is 627 g/mol. The van der Waals surface area contributed by atoms with Crippen molar-refractivity contribution in [3.63, 3.8) is 0 Å². The van der Waals surface area contributed by atoms with Crippen LogP contribution in [0.4, 0.5) is 17.1 Å². The molecule has 3 heteroatoms. The van der Waals surface area contributed by atoms with E-state index in [0.717, 1.165) is 50.1 Å². The zero-order valence-corrected chi connectivity index (χ0v) is 26.6. The minimum Gasteiger partial charge on any atom is -0.454 e. The van der Waals surface area contributed by atoms with Gasteiger partial charge in [0.15, 0.2) is 5.58 Å². The molecule has 2 aromatic heterocycles. The molecule has 0 saturated carbocycles. The zero-order valence-electron chi connectivity index (χ0n) is 26.6. The van der Waals surface area contributed by atoms with Gasteiger partial charge in [0.2, 0.25) is 0 Å². The summed E-state index contributed by atoms with van der Waals surface area (Å²) in [6.07, 6.45) is 0. The minimum atomic E-state index is 0.863. The van der Waals surface area contributed by atoms with Gasteiger partial charge in [0.25, 0.3) is 0 Å². The predicted octanol–water partition coefficient (Wildman–Crippen LogP) is 13.0. The van der Waals surface area contributed by atoms with Crippen molar-refractivity contribution in [2.45, 2.75) is 0 Å². The zero-order chi connectivity index (χ0) is 32.3. The SMILES string of the molecule is c1ccc(-c2ccc(N(c3cc(-n4c5ccccc5c5ccccc54)cc4ccccc34)c3cccc4c3oc3ccccc34)cc2)cc1. The van der Waals surface area contributed by atoms with Gasteiger partial charge in [-0.3, -0.25) is 0 Å². The van der Waals surface area contributed by atoms with Crippen molar-refractivity contribution >= 4 is 71.6 Å². The first-order valence-electron chi connectivity index (χ1n) is 16.7. The van der Waals surface area contributed by atoms with E-state index in [0.29, 0.717) is 0 Å². The highest BCUT2D eigenvalue weighted by Gasteiger charge is 2.23. The highest BCUT2D eigenvalue weighted by molar-refractivity contribution is 6.13. The second-order valence-corrected chi connectivity index (χ2v) is 12.6. The number of furan rings is 1. The molecule has 0 aliphatic rings. The van der Waals surface area contributed by atoms with Crippen LogP contribution in [0.5, 0.6) is 0 Å². The van der Waals surface area contributed by atoms with Gasteiger partial charge >= 0.3 is 0 Å². The molecule has 10 rings (SSSR count). The maximum absolute atomic E-state index is 6.68. The van der Waals surface area contributed by atoms with E-state index < -0.39 is 0 Å². The van der Waals surface area contributed by atoms with Gasteiger partial charge in [0.05, 0.1) is 22.4 Å². The van der Waals surface area contributed by atoms with Crippen molar-refractivity contribution in [1.82, 2.24) is 4.57 Å². The Morgan fingerprint density at radius 2 is 1.00 bits per heavy atom. The third-order valence-electron chi connectivity index (χ3n) is 9.76. The molecule has 0 spiro atoms. The number of nitrogens with zero attached hydrogens (tertiary/aromatic N) is 2. The van der Waals surface area contributed by atoms with Gasteiger partial charge in [0.1, 0.15) is 5.58 Å². The summed E-state index contributed by atoms with van der Waals surface area (Å²) >= 11 is 0. The molecule has 49 heavy (non-hydrogen) atoms. The summed E-state index contributed by atoms with van der Waals surface area (Å²) in [5.74, 6) is 0. The van der Waals surface area contributed by atoms with Crippen LogP contribution in [0.2, 0.25) is 0 Å². The second kappa shape index (κ2) is 11.0. The number of anilines is 3. The summed E-state index contributed by atoms with van der Waals surface area (Å²) in [5, 5.41) is 7.03. The molecule has 0 fully saturated rings. The van der Waals surface area contributed by atoms with E-state index in [9.17, 15) is 0 Å². The van der Waals surface area contributed by atoms with Crippen LogP contribution in [0, 0.1) is 0 Å². The van der Waals surface area contributed by atoms with E-state index in [-0.39, 0.29) is 0 Å². The van der Waals surface area contributed by atoms with E-state index in [2.05, 4.69) is 185 Å². The molecule has 0 radical (unpaired) electrons. The summed E-state index contributed by atoms with van der Waals surface area (Å²) in [5.41, 5.74) is 10.7. The Labute approximate surface area is 283 Å². The van der Waals surface area contributed by atoms with E-state index in [1.54, 1.807) is 0 Å². The molecule has 3 nitrogen and oxygen atoms in total. The number of fused-ring (bicyclic) bond motifs is 7. The Kier molecular flexibility index (Phi) is 6.18. The standard InChI is InChI=1S/C46H30N2O/c1-2-13-31(14-3-1)32-25-27-34(28-26-32)47(43-23-12-20-40-39-19-8-11-24-45(39)49-46(40)43)44-30-35(29-33-15-4-5-16-36(33)44)48-41-21-9-6-17-37(41)38-18-7-10-22-42(38)48/h1-30H. The smallest absolute Gasteiger partial charge is 0.159 e. The van der Waals surface area contributed by atoms with Crippen LogP contribution in [-0.2, 0) is 0 Å². The highest BCUT2D eigenvalue weighted by Crippen LogP contribution is 2.46. The Hall–Kier alpha value is -6.58. The number of benzene rings is 8. The van der Waals surface area contributed by atoms with Crippen molar-refractivity contribution in [3.8, 4) is 16.8 Å². The molecule has 0 N–H and O–H groups in total. The van der Waals surface area contributed by atoms with Gasteiger partial charge in [-0.15, -0.1) is 0 Å². The molecule has 8 aromatic carbocycles. The van der Waals surface area contributed by atoms with Gasteiger partial charge in [-0.1, -0.05) is 133 Å². The molecule has 0 aliphatic carbocycles. The minimum absolute atomic E-state index is 0.863. The van der Waals surface area contributed by atoms with Crippen LogP contribution >= 0.6 is 0 Å². The van der Waals surface area contributed by atoms with Crippen molar-refractivity contribution < 1.29 is 4.42 Å². The fourth-order valence-electron chi connectivity index (χ4n) is 7.54. The third-order valence-corrected chi connectivity index (χ3v) is 9.76. The van der Waals surface area contributed by atoms with Crippen LogP contribution in [0.15, 0.2) is 186 Å². The van der Waals surface area contributed by atoms with Crippen molar-refractivity contribution in [2.75, 3.05) is 4.90 Å². The van der Waals surface area contributed by atoms with Gasteiger partial charge in [-0.25, -0.2) is 0 Å². The summed E-state index contributed by atoms with van der Waals surface area (Å²) in [4.78, 5) is 2.37. The number of aromatic nitrogens is 1. The third kappa shape index (κ3) is 4.37. The Balaban J connectivity index is 1.28. The molecule has 0 amide bonds. The maximum atomic E-state index is 6.68. The van der Waals surface area contributed by atoms with Gasteiger partial charge < -0.3 is 13.9 Å². The maximum Gasteiger partial charge on any atom is 0.159 e. The Morgan fingerprint density at radius 3 is 1.76 bits per heavy atom. The molecule has 230 valence electrons. The van der Waals surface area contributed by atoms with Crippen molar-refractivity contribution in [2.24, 2.45) is 0 Å². The lowest BCUT2D eigenvalue weighted by Gasteiger charge is -2.28. The summed E-state index contributed by atoms with van der Waals surface area (Å²) < 4.78 is 9.09. The molecule has 0 unspecified atom stereocenters. The van der Waals surface area contributed by atoms with Crippen molar-refractivity contribution in [1.29, 1.82) is 0 Å². The van der Waals surface area contributed by atoms with Crippen LogP contribution < -0.4 is 4.90 Å². The Morgan fingerprint density at radius 1 is 0.408 bits per heavy atom. The number of hydrogen-bond donors (Lipinski definition) is 0. The molecule has 0 atom stereocenters. The largest absolute Gasteiger partial charge is 0.454 e. The lowest BCUT2D eigenvalue weighted by molar-refractivity contribution is 0.669. The molecule has 10 aromatic rings. The predicted molar refractivity (Wildman–Crippen MR) is 206 cm³/mol. The molecule has 2 heterocycles. The highest BCUT2D eigenvalue weighted by atomic mass is 16.3. The molecule has 0 aliphatic heterocycles.